The van der Waals surface area contributed by atoms with Crippen LogP contribution >= 0.6 is 0 Å². The second kappa shape index (κ2) is 3.58. The Hall–Kier alpha value is -1.03. The predicted octanol–water partition coefficient (Wildman–Crippen LogP) is 1.56. The van der Waals surface area contributed by atoms with Crippen molar-refractivity contribution in [3.05, 3.63) is 30.1 Å². The second-order valence-electron chi connectivity index (χ2n) is 2.39. The first-order chi connectivity index (χ1) is 5.67. The Morgan fingerprint density at radius 3 is 2.67 bits per heavy atom. The molecule has 1 heterocycles. The zero-order valence-corrected chi connectivity index (χ0v) is 6.37. The number of aliphatic hydroxyl groups is 1. The smallest absolute Gasteiger partial charge is 0.291 e. The van der Waals surface area contributed by atoms with Gasteiger partial charge in [0, 0.05) is 19.2 Å². The Labute approximate surface area is 68.9 Å². The molecule has 12 heavy (non-hydrogen) atoms. The zero-order chi connectivity index (χ0) is 9.03. The molecule has 0 aliphatic carbocycles. The molecule has 0 saturated heterocycles. The Morgan fingerprint density at radius 1 is 1.42 bits per heavy atom. The van der Waals surface area contributed by atoms with Crippen LogP contribution in [-0.4, -0.2) is 16.7 Å². The Bertz CT molecular complexity index is 238. The molecule has 1 aromatic rings. The van der Waals surface area contributed by atoms with Crippen LogP contribution in [0.1, 0.15) is 12.1 Å². The van der Waals surface area contributed by atoms with Crippen molar-refractivity contribution >= 4 is 0 Å². The van der Waals surface area contributed by atoms with E-state index in [1.165, 1.54) is 18.3 Å². The average molecular weight is 173 g/mol. The summed E-state index contributed by atoms with van der Waals surface area (Å²) in [4.78, 5) is 3.51. The molecule has 0 aliphatic rings. The van der Waals surface area contributed by atoms with Gasteiger partial charge in [-0.05, 0) is 12.1 Å². The minimum atomic E-state index is -3.02. The zero-order valence-electron chi connectivity index (χ0n) is 6.37. The molecule has 1 rings (SSSR count). The Kier molecular flexibility index (Phi) is 2.70. The highest BCUT2D eigenvalue weighted by atomic mass is 19.3. The molecule has 0 aliphatic heterocycles. The highest BCUT2D eigenvalue weighted by Crippen LogP contribution is 2.28. The lowest BCUT2D eigenvalue weighted by atomic mass is 10.1. The van der Waals surface area contributed by atoms with E-state index in [-0.39, 0.29) is 5.69 Å². The number of hydrogen-bond donors (Lipinski definition) is 1. The van der Waals surface area contributed by atoms with Crippen molar-refractivity contribution in [3.8, 4) is 0 Å². The van der Waals surface area contributed by atoms with Crippen LogP contribution in [0, 0.1) is 0 Å². The van der Waals surface area contributed by atoms with Crippen LogP contribution in [0.5, 0.6) is 0 Å². The SMILES string of the molecule is OCCC(F)(F)c1ccccn1. The van der Waals surface area contributed by atoms with E-state index in [0.29, 0.717) is 0 Å². The van der Waals surface area contributed by atoms with E-state index < -0.39 is 19.0 Å². The van der Waals surface area contributed by atoms with Crippen LogP contribution < -0.4 is 0 Å². The second-order valence-corrected chi connectivity index (χ2v) is 2.39. The van der Waals surface area contributed by atoms with E-state index in [2.05, 4.69) is 4.98 Å². The first-order valence-corrected chi connectivity index (χ1v) is 3.57. The first-order valence-electron chi connectivity index (χ1n) is 3.57. The van der Waals surface area contributed by atoms with Gasteiger partial charge in [0.25, 0.3) is 5.92 Å². The van der Waals surface area contributed by atoms with Crippen LogP contribution in [0.4, 0.5) is 8.78 Å². The van der Waals surface area contributed by atoms with E-state index >= 15 is 0 Å². The molecular weight excluding hydrogens is 164 g/mol. The van der Waals surface area contributed by atoms with Crippen molar-refractivity contribution in [1.82, 2.24) is 4.98 Å². The third kappa shape index (κ3) is 1.98. The van der Waals surface area contributed by atoms with Crippen molar-refractivity contribution in [3.63, 3.8) is 0 Å². The summed E-state index contributed by atoms with van der Waals surface area (Å²) in [6.45, 7) is -0.538. The van der Waals surface area contributed by atoms with Gasteiger partial charge in [-0.25, -0.2) is 0 Å². The fourth-order valence-electron chi connectivity index (χ4n) is 0.848. The number of rotatable bonds is 3. The first kappa shape index (κ1) is 9.06. The molecule has 2 nitrogen and oxygen atoms in total. The maximum atomic E-state index is 12.9. The average Bonchev–Trinajstić information content (AvgIpc) is 2.06. The van der Waals surface area contributed by atoms with Crippen LogP contribution in [0.25, 0.3) is 0 Å². The van der Waals surface area contributed by atoms with Gasteiger partial charge < -0.3 is 5.11 Å². The van der Waals surface area contributed by atoms with Gasteiger partial charge in [0.15, 0.2) is 0 Å². The van der Waals surface area contributed by atoms with Crippen molar-refractivity contribution in [2.45, 2.75) is 12.3 Å². The molecule has 0 spiro atoms. The van der Waals surface area contributed by atoms with Crippen molar-refractivity contribution in [2.24, 2.45) is 0 Å². The van der Waals surface area contributed by atoms with Crippen LogP contribution in [0.2, 0.25) is 0 Å². The van der Waals surface area contributed by atoms with E-state index in [1.807, 2.05) is 0 Å². The fraction of sp³-hybridized carbons (Fsp3) is 0.375. The number of halogens is 2. The van der Waals surface area contributed by atoms with Crippen LogP contribution in [-0.2, 0) is 5.92 Å². The van der Waals surface area contributed by atoms with Crippen LogP contribution in [0.3, 0.4) is 0 Å². The van der Waals surface area contributed by atoms with Gasteiger partial charge in [-0.2, -0.15) is 8.78 Å². The Morgan fingerprint density at radius 2 is 2.17 bits per heavy atom. The summed E-state index contributed by atoms with van der Waals surface area (Å²) in [5, 5.41) is 8.36. The van der Waals surface area contributed by atoms with Crippen LogP contribution in [0.15, 0.2) is 24.4 Å². The molecule has 0 fully saturated rings. The number of alkyl halides is 2. The van der Waals surface area contributed by atoms with Gasteiger partial charge in [-0.1, -0.05) is 6.07 Å². The predicted molar refractivity (Wildman–Crippen MR) is 39.8 cm³/mol. The molecule has 0 bridgehead atoms. The minimum absolute atomic E-state index is 0.293. The third-order valence-corrected chi connectivity index (χ3v) is 1.47. The topological polar surface area (TPSA) is 33.1 Å². The molecular formula is C8H9F2NO. The fourth-order valence-corrected chi connectivity index (χ4v) is 0.848. The molecule has 0 radical (unpaired) electrons. The number of hydrogen-bond acceptors (Lipinski definition) is 2. The molecule has 4 heteroatoms. The summed E-state index contributed by atoms with van der Waals surface area (Å²) in [6.07, 6.45) is 0.727. The Balaban J connectivity index is 2.82. The lowest BCUT2D eigenvalue weighted by Gasteiger charge is -2.13. The molecule has 1 N–H and O–H groups in total. The van der Waals surface area contributed by atoms with Crippen molar-refractivity contribution in [2.75, 3.05) is 6.61 Å². The molecule has 0 amide bonds. The summed E-state index contributed by atoms with van der Waals surface area (Å²) in [7, 11) is 0. The van der Waals surface area contributed by atoms with E-state index in [1.54, 1.807) is 6.07 Å². The highest BCUT2D eigenvalue weighted by molar-refractivity contribution is 5.09. The number of aliphatic hydroxyl groups excluding tert-OH is 1. The maximum absolute atomic E-state index is 12.9. The maximum Gasteiger partial charge on any atom is 0.291 e. The lowest BCUT2D eigenvalue weighted by Crippen LogP contribution is -2.16. The molecule has 66 valence electrons. The number of aromatic nitrogens is 1. The monoisotopic (exact) mass is 173 g/mol. The largest absolute Gasteiger partial charge is 0.396 e. The number of nitrogens with zero attached hydrogens (tertiary/aromatic N) is 1. The minimum Gasteiger partial charge on any atom is -0.396 e. The summed E-state index contributed by atoms with van der Waals surface area (Å²) in [5.41, 5.74) is -0.293. The number of pyridine rings is 1. The van der Waals surface area contributed by atoms with Gasteiger partial charge >= 0.3 is 0 Å². The standard InChI is InChI=1S/C8H9F2NO/c9-8(10,4-6-12)7-3-1-2-5-11-7/h1-3,5,12H,4,6H2. The van der Waals surface area contributed by atoms with Crippen molar-refractivity contribution in [1.29, 1.82) is 0 Å². The van der Waals surface area contributed by atoms with Gasteiger partial charge in [-0.15, -0.1) is 0 Å². The van der Waals surface area contributed by atoms with Gasteiger partial charge in [0.1, 0.15) is 5.69 Å². The molecule has 0 atom stereocenters. The van der Waals surface area contributed by atoms with Gasteiger partial charge in [0.05, 0.1) is 0 Å². The van der Waals surface area contributed by atoms with Gasteiger partial charge in [-0.3, -0.25) is 4.98 Å². The molecule has 0 aromatic carbocycles. The lowest BCUT2D eigenvalue weighted by molar-refractivity contribution is -0.0310. The van der Waals surface area contributed by atoms with Gasteiger partial charge in [0.2, 0.25) is 0 Å². The molecule has 1 aromatic heterocycles. The van der Waals surface area contributed by atoms with E-state index in [9.17, 15) is 8.78 Å². The quantitative estimate of drug-likeness (QED) is 0.752. The highest BCUT2D eigenvalue weighted by Gasteiger charge is 2.31. The summed E-state index contributed by atoms with van der Waals surface area (Å²) < 4.78 is 25.9. The summed E-state index contributed by atoms with van der Waals surface area (Å²) in [5.74, 6) is -3.02. The normalized spacial score (nSPS) is 11.6. The summed E-state index contributed by atoms with van der Waals surface area (Å²) >= 11 is 0. The van der Waals surface area contributed by atoms with E-state index in [4.69, 9.17) is 5.11 Å². The van der Waals surface area contributed by atoms with E-state index in [0.717, 1.165) is 0 Å². The third-order valence-electron chi connectivity index (χ3n) is 1.47. The molecule has 0 saturated carbocycles. The summed E-state index contributed by atoms with van der Waals surface area (Å²) in [6, 6.07) is 4.31. The van der Waals surface area contributed by atoms with Crippen molar-refractivity contribution < 1.29 is 13.9 Å². The molecule has 0 unspecified atom stereocenters.